The predicted molar refractivity (Wildman–Crippen MR) is 137 cm³/mol. The maximum Gasteiger partial charge on any atom is 0.258 e. The summed E-state index contributed by atoms with van der Waals surface area (Å²) in [5.41, 5.74) is 4.40. The maximum atomic E-state index is 14.2. The van der Waals surface area contributed by atoms with Gasteiger partial charge in [0.05, 0.1) is 46.9 Å². The molecule has 192 valence electrons. The number of ether oxygens (including phenoxy) is 1. The average Bonchev–Trinajstić information content (AvgIpc) is 3.42. The van der Waals surface area contributed by atoms with Gasteiger partial charge in [0, 0.05) is 17.7 Å². The summed E-state index contributed by atoms with van der Waals surface area (Å²) in [5, 5.41) is 5.26. The number of amides is 1. The summed E-state index contributed by atoms with van der Waals surface area (Å²) in [6.07, 6.45) is 4.97. The SMILES string of the molecule is CCCN(C)C1CCC(Oc2cc(F)ccc2C(=O)N2Cc3nn4c(C)c(Cl)c(C)nc4c3C2)CC1. The van der Waals surface area contributed by atoms with Crippen molar-refractivity contribution in [3.05, 3.63) is 57.2 Å². The molecule has 1 saturated carbocycles. The third-order valence-electron chi connectivity index (χ3n) is 7.55. The molecule has 0 N–H and O–H groups in total. The molecule has 3 heterocycles. The minimum atomic E-state index is -0.410. The van der Waals surface area contributed by atoms with E-state index >= 15 is 0 Å². The highest BCUT2D eigenvalue weighted by Gasteiger charge is 2.32. The molecule has 2 aliphatic rings. The van der Waals surface area contributed by atoms with Crippen LogP contribution in [-0.2, 0) is 13.1 Å². The van der Waals surface area contributed by atoms with E-state index in [0.29, 0.717) is 35.5 Å². The van der Waals surface area contributed by atoms with Crippen LogP contribution >= 0.6 is 11.6 Å². The van der Waals surface area contributed by atoms with Gasteiger partial charge in [-0.2, -0.15) is 5.10 Å². The molecule has 0 saturated heterocycles. The van der Waals surface area contributed by atoms with Crippen LogP contribution in [0.2, 0.25) is 5.02 Å². The summed E-state index contributed by atoms with van der Waals surface area (Å²) < 4.78 is 22.2. The Bertz CT molecular complexity index is 1300. The molecular weight excluding hydrogens is 481 g/mol. The smallest absolute Gasteiger partial charge is 0.258 e. The number of benzene rings is 1. The summed E-state index contributed by atoms with van der Waals surface area (Å²) in [6, 6.07) is 4.74. The number of aromatic nitrogens is 3. The van der Waals surface area contributed by atoms with Gasteiger partial charge < -0.3 is 14.5 Å². The number of fused-ring (bicyclic) bond motifs is 3. The molecular formula is C27H33ClFN5O2. The molecule has 1 aromatic carbocycles. The first-order chi connectivity index (χ1) is 17.3. The highest BCUT2D eigenvalue weighted by Crippen LogP contribution is 2.33. The predicted octanol–water partition coefficient (Wildman–Crippen LogP) is 5.33. The summed E-state index contributed by atoms with van der Waals surface area (Å²) in [6.45, 7) is 7.80. The van der Waals surface area contributed by atoms with Crippen molar-refractivity contribution >= 4 is 23.2 Å². The van der Waals surface area contributed by atoms with Crippen LogP contribution in [0.1, 0.15) is 72.0 Å². The Morgan fingerprint density at radius 2 is 1.97 bits per heavy atom. The first-order valence-electron chi connectivity index (χ1n) is 12.8. The van der Waals surface area contributed by atoms with Crippen LogP contribution in [0.15, 0.2) is 18.2 Å². The van der Waals surface area contributed by atoms with E-state index < -0.39 is 5.82 Å². The van der Waals surface area contributed by atoms with E-state index in [1.54, 1.807) is 9.42 Å². The van der Waals surface area contributed by atoms with Crippen LogP contribution in [0.3, 0.4) is 0 Å². The van der Waals surface area contributed by atoms with Crippen molar-refractivity contribution < 1.29 is 13.9 Å². The molecule has 9 heteroatoms. The van der Waals surface area contributed by atoms with E-state index in [9.17, 15) is 9.18 Å². The highest BCUT2D eigenvalue weighted by molar-refractivity contribution is 6.31. The van der Waals surface area contributed by atoms with Crippen LogP contribution in [0.5, 0.6) is 5.75 Å². The Labute approximate surface area is 216 Å². The van der Waals surface area contributed by atoms with Crippen LogP contribution < -0.4 is 4.74 Å². The Morgan fingerprint density at radius 3 is 2.69 bits per heavy atom. The minimum absolute atomic E-state index is 0.0236. The van der Waals surface area contributed by atoms with Crippen LogP contribution in [0.4, 0.5) is 4.39 Å². The fourth-order valence-corrected chi connectivity index (χ4v) is 5.64. The third kappa shape index (κ3) is 4.57. The van der Waals surface area contributed by atoms with Crippen molar-refractivity contribution in [2.45, 2.75) is 78.1 Å². The van der Waals surface area contributed by atoms with E-state index in [2.05, 4.69) is 29.0 Å². The zero-order valence-corrected chi connectivity index (χ0v) is 22.1. The molecule has 1 fully saturated rings. The quantitative estimate of drug-likeness (QED) is 0.446. The molecule has 0 unspecified atom stereocenters. The van der Waals surface area contributed by atoms with E-state index in [1.165, 1.54) is 18.2 Å². The fourth-order valence-electron chi connectivity index (χ4n) is 5.52. The maximum absolute atomic E-state index is 14.2. The summed E-state index contributed by atoms with van der Waals surface area (Å²) in [7, 11) is 2.18. The first kappa shape index (κ1) is 25.0. The second-order valence-corrected chi connectivity index (χ2v) is 10.5. The van der Waals surface area contributed by atoms with Crippen molar-refractivity contribution in [3.8, 4) is 5.75 Å². The van der Waals surface area contributed by atoms with Crippen LogP contribution in [0, 0.1) is 19.7 Å². The van der Waals surface area contributed by atoms with Crippen molar-refractivity contribution in [1.29, 1.82) is 0 Å². The second-order valence-electron chi connectivity index (χ2n) is 10.1. The Morgan fingerprint density at radius 1 is 1.22 bits per heavy atom. The van der Waals surface area contributed by atoms with Gasteiger partial charge in [0.15, 0.2) is 5.65 Å². The molecule has 0 atom stereocenters. The normalized spacial score (nSPS) is 19.8. The van der Waals surface area contributed by atoms with E-state index in [0.717, 1.165) is 66.9 Å². The largest absolute Gasteiger partial charge is 0.489 e. The van der Waals surface area contributed by atoms with Gasteiger partial charge in [-0.3, -0.25) is 4.79 Å². The van der Waals surface area contributed by atoms with Gasteiger partial charge in [-0.05, 0) is 71.7 Å². The lowest BCUT2D eigenvalue weighted by molar-refractivity contribution is 0.0729. The Balaban J connectivity index is 1.32. The van der Waals surface area contributed by atoms with Gasteiger partial charge in [0.1, 0.15) is 11.6 Å². The number of carbonyl (C=O) groups is 1. The van der Waals surface area contributed by atoms with Crippen LogP contribution in [0.25, 0.3) is 5.65 Å². The molecule has 5 rings (SSSR count). The van der Waals surface area contributed by atoms with Crippen molar-refractivity contribution in [2.24, 2.45) is 0 Å². The van der Waals surface area contributed by atoms with E-state index in [4.69, 9.17) is 16.3 Å². The van der Waals surface area contributed by atoms with E-state index in [1.807, 2.05) is 13.8 Å². The number of hydrogen-bond donors (Lipinski definition) is 0. The molecule has 2 aromatic heterocycles. The molecule has 0 spiro atoms. The summed E-state index contributed by atoms with van der Waals surface area (Å²) >= 11 is 6.35. The number of aryl methyl sites for hydroxylation is 2. The van der Waals surface area contributed by atoms with Crippen molar-refractivity contribution in [1.82, 2.24) is 24.4 Å². The van der Waals surface area contributed by atoms with Gasteiger partial charge >= 0.3 is 0 Å². The topological polar surface area (TPSA) is 63.0 Å². The van der Waals surface area contributed by atoms with Crippen molar-refractivity contribution in [2.75, 3.05) is 13.6 Å². The highest BCUT2D eigenvalue weighted by atomic mass is 35.5. The number of rotatable bonds is 6. The molecule has 7 nitrogen and oxygen atoms in total. The van der Waals surface area contributed by atoms with Crippen molar-refractivity contribution in [3.63, 3.8) is 0 Å². The van der Waals surface area contributed by atoms with E-state index in [-0.39, 0.29) is 12.0 Å². The minimum Gasteiger partial charge on any atom is -0.489 e. The molecule has 0 bridgehead atoms. The monoisotopic (exact) mass is 513 g/mol. The number of nitrogens with zero attached hydrogens (tertiary/aromatic N) is 5. The number of carbonyl (C=O) groups excluding carboxylic acids is 1. The van der Waals surface area contributed by atoms with Gasteiger partial charge in [0.25, 0.3) is 5.91 Å². The molecule has 0 radical (unpaired) electrons. The third-order valence-corrected chi connectivity index (χ3v) is 8.10. The molecule has 1 aliphatic heterocycles. The zero-order chi connectivity index (χ0) is 25.6. The van der Waals surface area contributed by atoms with Gasteiger partial charge in [-0.1, -0.05) is 18.5 Å². The summed E-state index contributed by atoms with van der Waals surface area (Å²) in [4.78, 5) is 22.3. The Hall–Kier alpha value is -2.71. The molecule has 1 amide bonds. The molecule has 3 aromatic rings. The average molecular weight is 514 g/mol. The first-order valence-corrected chi connectivity index (χ1v) is 13.1. The van der Waals surface area contributed by atoms with Gasteiger partial charge in [-0.25, -0.2) is 13.9 Å². The lowest BCUT2D eigenvalue weighted by Crippen LogP contribution is -2.38. The number of hydrogen-bond acceptors (Lipinski definition) is 5. The number of halogens is 2. The van der Waals surface area contributed by atoms with Gasteiger partial charge in [0.2, 0.25) is 0 Å². The lowest BCUT2D eigenvalue weighted by atomic mass is 9.92. The Kier molecular flexibility index (Phi) is 6.92. The fraction of sp³-hybridized carbons (Fsp3) is 0.519. The molecule has 36 heavy (non-hydrogen) atoms. The standard InChI is InChI=1S/C27H33ClFN5O2/c1-5-12-32(4)19-7-9-20(10-8-19)36-24-13-18(29)6-11-21(24)27(35)33-14-22-23(15-33)31-34-17(3)25(28)16(2)30-26(22)34/h6,11,13,19-20H,5,7-10,12,14-15H2,1-4H3. The zero-order valence-electron chi connectivity index (χ0n) is 21.4. The van der Waals surface area contributed by atoms with Crippen LogP contribution in [-0.4, -0.2) is 56.0 Å². The second kappa shape index (κ2) is 9.98. The van der Waals surface area contributed by atoms with Gasteiger partial charge in [-0.15, -0.1) is 0 Å². The summed E-state index contributed by atoms with van der Waals surface area (Å²) in [5.74, 6) is -0.284. The lowest BCUT2D eigenvalue weighted by Gasteiger charge is -2.35. The molecule has 1 aliphatic carbocycles.